The van der Waals surface area contributed by atoms with E-state index in [0.717, 1.165) is 6.07 Å². The minimum absolute atomic E-state index is 0.0118. The number of carbonyl (C=O) groups is 1. The van der Waals surface area contributed by atoms with Gasteiger partial charge in [0.2, 0.25) is 0 Å². The quantitative estimate of drug-likeness (QED) is 0.498. The number of amides is 1. The Morgan fingerprint density at radius 1 is 1.06 bits per heavy atom. The van der Waals surface area contributed by atoms with E-state index in [4.69, 9.17) is 9.15 Å². The first kappa shape index (κ1) is 24.2. The fourth-order valence-corrected chi connectivity index (χ4v) is 4.67. The highest BCUT2D eigenvalue weighted by Crippen LogP contribution is 2.35. The molecule has 0 bridgehead atoms. The topological polar surface area (TPSA) is 97.6 Å². The van der Waals surface area contributed by atoms with Gasteiger partial charge in [0.25, 0.3) is 15.9 Å². The molecule has 0 saturated heterocycles. The van der Waals surface area contributed by atoms with Crippen LogP contribution in [0.15, 0.2) is 52.0 Å². The van der Waals surface area contributed by atoms with Crippen molar-refractivity contribution in [3.05, 3.63) is 70.7 Å². The maximum absolute atomic E-state index is 13.2. The van der Waals surface area contributed by atoms with Crippen LogP contribution < -0.4 is 14.8 Å². The van der Waals surface area contributed by atoms with E-state index in [1.165, 1.54) is 26.2 Å². The van der Waals surface area contributed by atoms with Crippen LogP contribution >= 0.6 is 0 Å². The van der Waals surface area contributed by atoms with E-state index in [9.17, 15) is 26.4 Å². The number of anilines is 2. The summed E-state index contributed by atoms with van der Waals surface area (Å²) in [6.07, 6.45) is -4.34. The minimum atomic E-state index is -4.80. The summed E-state index contributed by atoms with van der Waals surface area (Å²) < 4.78 is 78.3. The molecule has 1 aromatic heterocycles. The van der Waals surface area contributed by atoms with Crippen molar-refractivity contribution >= 4 is 27.3 Å². The summed E-state index contributed by atoms with van der Waals surface area (Å²) in [4.78, 5) is 12.3. The van der Waals surface area contributed by atoms with E-state index in [1.807, 2.05) is 0 Å². The highest BCUT2D eigenvalue weighted by Gasteiger charge is 2.38. The molecule has 0 atom stereocenters. The second kappa shape index (κ2) is 8.81. The third kappa shape index (κ3) is 4.98. The molecule has 3 aromatic rings. The number of alkyl halides is 3. The molecule has 2 aromatic carbocycles. The molecule has 2 N–H and O–H groups in total. The van der Waals surface area contributed by atoms with Crippen LogP contribution in [0, 0.1) is 20.8 Å². The fraction of sp³-hybridized carbons (Fsp3) is 0.227. The molecule has 176 valence electrons. The molecule has 7 nitrogen and oxygen atoms in total. The lowest BCUT2D eigenvalue weighted by Gasteiger charge is -2.16. The molecule has 0 spiro atoms. The molecule has 0 aliphatic rings. The normalized spacial score (nSPS) is 11.8. The van der Waals surface area contributed by atoms with Crippen LogP contribution in [0.4, 0.5) is 24.5 Å². The zero-order chi connectivity index (χ0) is 24.6. The minimum Gasteiger partial charge on any atom is -0.495 e. The van der Waals surface area contributed by atoms with Gasteiger partial charge in [-0.25, -0.2) is 8.42 Å². The summed E-state index contributed by atoms with van der Waals surface area (Å²) in [7, 11) is -2.90. The van der Waals surface area contributed by atoms with Crippen LogP contribution in [-0.2, 0) is 16.2 Å². The van der Waals surface area contributed by atoms with Gasteiger partial charge in [-0.2, -0.15) is 13.2 Å². The number of nitrogens with one attached hydrogen (secondary N) is 2. The molecular weight excluding hydrogens is 461 g/mol. The summed E-state index contributed by atoms with van der Waals surface area (Å²) in [6.45, 7) is 4.71. The molecule has 0 fully saturated rings. The van der Waals surface area contributed by atoms with E-state index in [-0.39, 0.29) is 22.1 Å². The van der Waals surface area contributed by atoms with Crippen LogP contribution in [0.3, 0.4) is 0 Å². The van der Waals surface area contributed by atoms with Crippen LogP contribution in [0.2, 0.25) is 0 Å². The van der Waals surface area contributed by atoms with Gasteiger partial charge in [-0.05, 0) is 50.1 Å². The highest BCUT2D eigenvalue weighted by molar-refractivity contribution is 7.92. The first-order valence-corrected chi connectivity index (χ1v) is 11.1. The van der Waals surface area contributed by atoms with Gasteiger partial charge in [-0.1, -0.05) is 18.2 Å². The van der Waals surface area contributed by atoms with Gasteiger partial charge >= 0.3 is 6.18 Å². The highest BCUT2D eigenvalue weighted by atomic mass is 32.2. The van der Waals surface area contributed by atoms with Crippen LogP contribution in [0.25, 0.3) is 0 Å². The lowest BCUT2D eigenvalue weighted by molar-refractivity contribution is -0.138. The smallest absolute Gasteiger partial charge is 0.420 e. The number of sulfonamides is 1. The van der Waals surface area contributed by atoms with Crippen molar-refractivity contribution in [1.82, 2.24) is 0 Å². The van der Waals surface area contributed by atoms with Crippen molar-refractivity contribution in [3.63, 3.8) is 0 Å². The van der Waals surface area contributed by atoms with Crippen molar-refractivity contribution in [2.24, 2.45) is 0 Å². The molecule has 33 heavy (non-hydrogen) atoms. The number of carbonyl (C=O) groups excluding carboxylic acids is 1. The third-order valence-corrected chi connectivity index (χ3v) is 6.31. The molecule has 1 heterocycles. The molecule has 3 rings (SSSR count). The predicted molar refractivity (Wildman–Crippen MR) is 116 cm³/mol. The number of aryl methyl sites for hydroxylation is 3. The van der Waals surface area contributed by atoms with Crippen molar-refractivity contribution in [2.45, 2.75) is 31.8 Å². The summed E-state index contributed by atoms with van der Waals surface area (Å²) in [5.74, 6) is -1.33. The number of hydrogen-bond acceptors (Lipinski definition) is 5. The third-order valence-electron chi connectivity index (χ3n) is 4.94. The number of methoxy groups -OCH3 is 1. The largest absolute Gasteiger partial charge is 0.495 e. The maximum atomic E-state index is 13.2. The van der Waals surface area contributed by atoms with E-state index >= 15 is 0 Å². The number of para-hydroxylation sites is 1. The van der Waals surface area contributed by atoms with Crippen molar-refractivity contribution in [1.29, 1.82) is 0 Å². The number of ether oxygens (including phenoxy) is 1. The Morgan fingerprint density at radius 2 is 1.70 bits per heavy atom. The van der Waals surface area contributed by atoms with Crippen LogP contribution in [-0.4, -0.2) is 21.4 Å². The van der Waals surface area contributed by atoms with Crippen LogP contribution in [0.5, 0.6) is 5.75 Å². The Bertz CT molecular complexity index is 1290. The molecule has 1 amide bonds. The molecular formula is C22H21F3N2O5S. The summed E-state index contributed by atoms with van der Waals surface area (Å²) in [5, 5.41) is 2.30. The van der Waals surface area contributed by atoms with Gasteiger partial charge in [0.1, 0.15) is 28.2 Å². The Labute approximate surface area is 188 Å². The zero-order valence-electron chi connectivity index (χ0n) is 18.1. The monoisotopic (exact) mass is 482 g/mol. The van der Waals surface area contributed by atoms with E-state index in [0.29, 0.717) is 23.1 Å². The number of halogens is 3. The Kier molecular flexibility index (Phi) is 6.46. The average Bonchev–Trinajstić information content (AvgIpc) is 3.13. The summed E-state index contributed by atoms with van der Waals surface area (Å²) in [5.41, 5.74) is -0.185. The Morgan fingerprint density at radius 3 is 2.27 bits per heavy atom. The molecule has 0 saturated carbocycles. The first-order valence-electron chi connectivity index (χ1n) is 9.59. The molecule has 11 heteroatoms. The lowest BCUT2D eigenvalue weighted by Crippen LogP contribution is -2.19. The van der Waals surface area contributed by atoms with Gasteiger partial charge in [0.05, 0.1) is 18.4 Å². The Hall–Kier alpha value is -3.47. The first-order chi connectivity index (χ1) is 15.3. The predicted octanol–water partition coefficient (Wildman–Crippen LogP) is 5.29. The van der Waals surface area contributed by atoms with E-state index < -0.39 is 33.2 Å². The summed E-state index contributed by atoms with van der Waals surface area (Å²) >= 11 is 0. The van der Waals surface area contributed by atoms with Gasteiger partial charge in [0, 0.05) is 5.69 Å². The average molecular weight is 482 g/mol. The van der Waals surface area contributed by atoms with E-state index in [1.54, 1.807) is 32.0 Å². The zero-order valence-corrected chi connectivity index (χ0v) is 18.9. The lowest BCUT2D eigenvalue weighted by atomic mass is 10.1. The number of hydrogen-bond donors (Lipinski definition) is 2. The van der Waals surface area contributed by atoms with E-state index in [2.05, 4.69) is 10.0 Å². The van der Waals surface area contributed by atoms with Crippen molar-refractivity contribution < 1.29 is 35.5 Å². The molecule has 0 radical (unpaired) electrons. The van der Waals surface area contributed by atoms with Gasteiger partial charge in [-0.15, -0.1) is 0 Å². The molecule has 0 unspecified atom stereocenters. The van der Waals surface area contributed by atoms with Crippen LogP contribution in [0.1, 0.15) is 32.8 Å². The standard InChI is InChI=1S/C22H21F3N2O5S/c1-12-6-5-7-13(2)20(12)27-33(29,30)18-10-15(8-9-17(18)31-4)26-21(28)19-14(3)32-11-16(19)22(23,24)25/h5-11,27H,1-4H3,(H,26,28). The van der Waals surface area contributed by atoms with Crippen molar-refractivity contribution in [2.75, 3.05) is 17.1 Å². The van der Waals surface area contributed by atoms with Gasteiger partial charge in [0.15, 0.2) is 0 Å². The SMILES string of the molecule is COc1ccc(NC(=O)c2c(C(F)(F)F)coc2C)cc1S(=O)(=O)Nc1c(C)cccc1C. The fourth-order valence-electron chi connectivity index (χ4n) is 3.27. The number of rotatable bonds is 6. The second-order valence-corrected chi connectivity index (χ2v) is 8.92. The molecule has 0 aliphatic heterocycles. The maximum Gasteiger partial charge on any atom is 0.420 e. The second-order valence-electron chi connectivity index (χ2n) is 7.27. The number of furan rings is 1. The molecule has 0 aliphatic carbocycles. The Balaban J connectivity index is 1.98. The number of benzene rings is 2. The van der Waals surface area contributed by atoms with Gasteiger partial charge < -0.3 is 14.5 Å². The summed E-state index contributed by atoms with van der Waals surface area (Å²) in [6, 6.07) is 8.98. The van der Waals surface area contributed by atoms with Crippen molar-refractivity contribution in [3.8, 4) is 5.75 Å². The van der Waals surface area contributed by atoms with Gasteiger partial charge in [-0.3, -0.25) is 9.52 Å².